The minimum Gasteiger partial charge on any atom is -0.486 e. The summed E-state index contributed by atoms with van der Waals surface area (Å²) >= 11 is 0. The highest BCUT2D eigenvalue weighted by atomic mass is 32.2. The van der Waals surface area contributed by atoms with E-state index in [-0.39, 0.29) is 22.7 Å². The second-order valence-corrected chi connectivity index (χ2v) is 8.81. The van der Waals surface area contributed by atoms with Gasteiger partial charge in [0.1, 0.15) is 13.2 Å². The smallest absolute Gasteiger partial charge is 0.262 e. The molecule has 1 unspecified atom stereocenters. The maximum Gasteiger partial charge on any atom is 0.262 e. The molecule has 9 heteroatoms. The van der Waals surface area contributed by atoms with Crippen LogP contribution in [-0.2, 0) is 10.0 Å². The van der Waals surface area contributed by atoms with E-state index >= 15 is 0 Å². The van der Waals surface area contributed by atoms with E-state index < -0.39 is 22.0 Å². The van der Waals surface area contributed by atoms with E-state index in [0.29, 0.717) is 30.3 Å². The average Bonchev–Trinajstić information content (AvgIpc) is 2.82. The largest absolute Gasteiger partial charge is 0.486 e. The molecule has 1 amide bonds. The van der Waals surface area contributed by atoms with Gasteiger partial charge in [-0.15, -0.1) is 0 Å². The van der Waals surface area contributed by atoms with Crippen molar-refractivity contribution in [2.45, 2.75) is 11.0 Å². The van der Waals surface area contributed by atoms with E-state index in [4.69, 9.17) is 9.47 Å². The van der Waals surface area contributed by atoms with Gasteiger partial charge in [0.2, 0.25) is 0 Å². The van der Waals surface area contributed by atoms with Crippen molar-refractivity contribution < 1.29 is 27.8 Å². The summed E-state index contributed by atoms with van der Waals surface area (Å²) < 4.78 is 38.9. The number of amides is 1. The Labute approximate surface area is 185 Å². The van der Waals surface area contributed by atoms with Gasteiger partial charge in [0.05, 0.1) is 11.0 Å². The van der Waals surface area contributed by atoms with E-state index in [0.717, 1.165) is 0 Å². The van der Waals surface area contributed by atoms with Crippen molar-refractivity contribution in [1.82, 2.24) is 5.32 Å². The molecule has 1 aliphatic rings. The quantitative estimate of drug-likeness (QED) is 0.506. The second-order valence-electron chi connectivity index (χ2n) is 7.13. The Morgan fingerprint density at radius 2 is 1.69 bits per heavy atom. The van der Waals surface area contributed by atoms with Crippen LogP contribution in [0.15, 0.2) is 77.7 Å². The van der Waals surface area contributed by atoms with Crippen LogP contribution in [0.25, 0.3) is 0 Å². The molecule has 3 aromatic carbocycles. The molecule has 8 nitrogen and oxygen atoms in total. The molecule has 32 heavy (non-hydrogen) atoms. The van der Waals surface area contributed by atoms with Crippen molar-refractivity contribution in [2.24, 2.45) is 0 Å². The fourth-order valence-electron chi connectivity index (χ4n) is 3.21. The standard InChI is InChI=1S/C23H22N2O6S/c26-20(16-5-2-1-3-6-16)15-24-23(27)17-7-4-8-18(13-17)25-32(28,29)19-9-10-21-22(14-19)31-12-11-30-21/h1-10,13-14,20,25-26H,11-12,15H2,(H,24,27). The number of aliphatic hydroxyl groups is 1. The summed E-state index contributed by atoms with van der Waals surface area (Å²) in [5.74, 6) is 0.427. The number of ether oxygens (including phenoxy) is 2. The Morgan fingerprint density at radius 1 is 0.938 bits per heavy atom. The topological polar surface area (TPSA) is 114 Å². The third-order valence-corrected chi connectivity index (χ3v) is 6.22. The van der Waals surface area contributed by atoms with Crippen molar-refractivity contribution in [2.75, 3.05) is 24.5 Å². The molecule has 0 saturated heterocycles. The molecule has 0 bridgehead atoms. The van der Waals surface area contributed by atoms with Gasteiger partial charge in [-0.1, -0.05) is 36.4 Å². The predicted octanol–water partition coefficient (Wildman–Crippen LogP) is 2.72. The lowest BCUT2D eigenvalue weighted by molar-refractivity contribution is 0.0916. The minimum absolute atomic E-state index is 0.0163. The Balaban J connectivity index is 1.44. The molecule has 0 aromatic heterocycles. The Hall–Kier alpha value is -3.56. The van der Waals surface area contributed by atoms with Gasteiger partial charge in [-0.3, -0.25) is 9.52 Å². The fraction of sp³-hybridized carbons (Fsp3) is 0.174. The van der Waals surface area contributed by atoms with E-state index in [1.54, 1.807) is 48.5 Å². The molecule has 0 radical (unpaired) electrons. The van der Waals surface area contributed by atoms with Gasteiger partial charge in [-0.05, 0) is 35.9 Å². The Morgan fingerprint density at radius 3 is 2.47 bits per heavy atom. The molecule has 4 rings (SSSR count). The molecule has 0 aliphatic carbocycles. The van der Waals surface area contributed by atoms with E-state index in [2.05, 4.69) is 10.0 Å². The third kappa shape index (κ3) is 5.01. The van der Waals surface area contributed by atoms with Crippen molar-refractivity contribution in [3.63, 3.8) is 0 Å². The van der Waals surface area contributed by atoms with Gasteiger partial charge in [0.15, 0.2) is 11.5 Å². The number of benzene rings is 3. The number of carbonyl (C=O) groups excluding carboxylic acids is 1. The van der Waals surface area contributed by atoms with E-state index in [9.17, 15) is 18.3 Å². The molecule has 0 spiro atoms. The summed E-state index contributed by atoms with van der Waals surface area (Å²) in [4.78, 5) is 12.5. The summed E-state index contributed by atoms with van der Waals surface area (Å²) in [5, 5.41) is 12.9. The lowest BCUT2D eigenvalue weighted by atomic mass is 10.1. The van der Waals surface area contributed by atoms with E-state index in [1.165, 1.54) is 18.2 Å². The molecule has 3 N–H and O–H groups in total. The first-order chi connectivity index (χ1) is 15.4. The number of nitrogens with one attached hydrogen (secondary N) is 2. The number of anilines is 1. The normalized spacial score (nSPS) is 13.8. The number of fused-ring (bicyclic) bond motifs is 1. The molecule has 1 aliphatic heterocycles. The highest BCUT2D eigenvalue weighted by Crippen LogP contribution is 2.32. The van der Waals surface area contributed by atoms with Crippen LogP contribution in [0, 0.1) is 0 Å². The minimum atomic E-state index is -3.91. The van der Waals surface area contributed by atoms with Crippen molar-refractivity contribution in [3.8, 4) is 11.5 Å². The SMILES string of the molecule is O=C(NCC(O)c1ccccc1)c1cccc(NS(=O)(=O)c2ccc3c(c2)OCCO3)c1. The highest BCUT2D eigenvalue weighted by molar-refractivity contribution is 7.92. The van der Waals surface area contributed by atoms with Gasteiger partial charge >= 0.3 is 0 Å². The number of hydrogen-bond donors (Lipinski definition) is 3. The van der Waals surface area contributed by atoms with Crippen molar-refractivity contribution in [1.29, 1.82) is 0 Å². The summed E-state index contributed by atoms with van der Waals surface area (Å²) in [7, 11) is -3.91. The van der Waals surface area contributed by atoms with E-state index in [1.807, 2.05) is 6.07 Å². The molecule has 1 heterocycles. The first kappa shape index (κ1) is 21.7. The zero-order valence-corrected chi connectivity index (χ0v) is 17.8. The summed E-state index contributed by atoms with van der Waals surface area (Å²) in [6, 6.07) is 19.5. The molecular weight excluding hydrogens is 432 g/mol. The third-order valence-electron chi connectivity index (χ3n) is 4.84. The average molecular weight is 455 g/mol. The monoisotopic (exact) mass is 454 g/mol. The lowest BCUT2D eigenvalue weighted by Crippen LogP contribution is -2.28. The lowest BCUT2D eigenvalue weighted by Gasteiger charge is -2.19. The second kappa shape index (κ2) is 9.29. The molecule has 1 atom stereocenters. The first-order valence-electron chi connectivity index (χ1n) is 9.96. The van der Waals surface area contributed by atoms with Crippen molar-refractivity contribution >= 4 is 21.6 Å². The first-order valence-corrected chi connectivity index (χ1v) is 11.4. The number of sulfonamides is 1. The maximum atomic E-state index is 12.8. The highest BCUT2D eigenvalue weighted by Gasteiger charge is 2.20. The van der Waals surface area contributed by atoms with Crippen LogP contribution in [-0.4, -0.2) is 39.2 Å². The molecule has 166 valence electrons. The zero-order chi connectivity index (χ0) is 22.6. The summed E-state index contributed by atoms with van der Waals surface area (Å²) in [5.41, 5.74) is 1.18. The number of aliphatic hydroxyl groups excluding tert-OH is 1. The molecule has 0 saturated carbocycles. The van der Waals surface area contributed by atoms with Gasteiger partial charge in [-0.25, -0.2) is 8.42 Å². The molecular formula is C23H22N2O6S. The van der Waals surface area contributed by atoms with Crippen molar-refractivity contribution in [3.05, 3.63) is 83.9 Å². The Kier molecular flexibility index (Phi) is 6.29. The predicted molar refractivity (Wildman–Crippen MR) is 118 cm³/mol. The van der Waals surface area contributed by atoms with Crippen LogP contribution >= 0.6 is 0 Å². The van der Waals surface area contributed by atoms with Crippen LogP contribution in [0.2, 0.25) is 0 Å². The molecule has 0 fully saturated rings. The van der Waals surface area contributed by atoms with Gasteiger partial charge in [-0.2, -0.15) is 0 Å². The van der Waals surface area contributed by atoms with Crippen LogP contribution in [0.1, 0.15) is 22.0 Å². The summed E-state index contributed by atoms with van der Waals surface area (Å²) in [6.07, 6.45) is -0.850. The Bertz CT molecular complexity index is 1210. The summed E-state index contributed by atoms with van der Waals surface area (Å²) in [6.45, 7) is 0.782. The van der Waals surface area contributed by atoms with Crippen LogP contribution in [0.4, 0.5) is 5.69 Å². The van der Waals surface area contributed by atoms with Gasteiger partial charge in [0.25, 0.3) is 15.9 Å². The van der Waals surface area contributed by atoms with Gasteiger partial charge < -0.3 is 19.9 Å². The maximum absolute atomic E-state index is 12.8. The van der Waals surface area contributed by atoms with Gasteiger partial charge in [0, 0.05) is 23.9 Å². The van der Waals surface area contributed by atoms with Crippen LogP contribution < -0.4 is 19.5 Å². The van der Waals surface area contributed by atoms with Crippen LogP contribution in [0.3, 0.4) is 0 Å². The number of rotatable bonds is 7. The van der Waals surface area contributed by atoms with Crippen LogP contribution in [0.5, 0.6) is 11.5 Å². The fourth-order valence-corrected chi connectivity index (χ4v) is 4.28. The molecule has 3 aromatic rings. The zero-order valence-electron chi connectivity index (χ0n) is 17.0. The number of carbonyl (C=O) groups is 1. The number of hydrogen-bond acceptors (Lipinski definition) is 6.